The van der Waals surface area contributed by atoms with Crippen LogP contribution in [0, 0.1) is 5.41 Å². The highest BCUT2D eigenvalue weighted by atomic mass is 32.2. The van der Waals surface area contributed by atoms with Gasteiger partial charge < -0.3 is 0 Å². The molecule has 0 bridgehead atoms. The first-order valence-corrected chi connectivity index (χ1v) is 7.10. The van der Waals surface area contributed by atoms with E-state index in [9.17, 15) is 12.8 Å². The van der Waals surface area contributed by atoms with E-state index in [1.54, 1.807) is 0 Å². The van der Waals surface area contributed by atoms with Crippen molar-refractivity contribution in [3.63, 3.8) is 0 Å². The van der Waals surface area contributed by atoms with Gasteiger partial charge in [-0.05, 0) is 18.3 Å². The minimum Gasteiger partial charge on any atom is -0.246 e. The smallest absolute Gasteiger partial charge is 0.153 e. The van der Waals surface area contributed by atoms with Crippen LogP contribution in [0.4, 0.5) is 4.39 Å². The first-order chi connectivity index (χ1) is 6.43. The van der Waals surface area contributed by atoms with Crippen LogP contribution in [0.5, 0.6) is 0 Å². The fourth-order valence-electron chi connectivity index (χ4n) is 2.25. The van der Waals surface area contributed by atoms with Gasteiger partial charge >= 0.3 is 0 Å². The van der Waals surface area contributed by atoms with E-state index in [4.69, 9.17) is 0 Å². The summed E-state index contributed by atoms with van der Waals surface area (Å²) < 4.78 is 36.2. The third-order valence-electron chi connectivity index (χ3n) is 3.53. The van der Waals surface area contributed by atoms with Gasteiger partial charge in [0, 0.05) is 0 Å². The van der Waals surface area contributed by atoms with Crippen LogP contribution in [-0.4, -0.2) is 26.1 Å². The van der Waals surface area contributed by atoms with Gasteiger partial charge in [-0.3, -0.25) is 0 Å². The maximum atomic E-state index is 13.4. The lowest BCUT2D eigenvalue weighted by atomic mass is 9.76. The summed E-state index contributed by atoms with van der Waals surface area (Å²) in [6.07, 6.45) is 1.63. The molecule has 1 fully saturated rings. The Morgan fingerprint density at radius 3 is 2.43 bits per heavy atom. The van der Waals surface area contributed by atoms with Gasteiger partial charge in [0.05, 0.1) is 11.5 Å². The molecule has 2 nitrogen and oxygen atoms in total. The van der Waals surface area contributed by atoms with Crippen molar-refractivity contribution in [2.45, 2.75) is 45.7 Å². The average molecular weight is 222 g/mol. The zero-order valence-corrected chi connectivity index (χ0v) is 9.74. The summed E-state index contributed by atoms with van der Waals surface area (Å²) in [5.74, 6) is -0.107. The first kappa shape index (κ1) is 12.0. The molecule has 84 valence electrons. The Labute approximate surface area is 85.8 Å². The highest BCUT2D eigenvalue weighted by molar-refractivity contribution is 7.91. The molecule has 0 spiro atoms. The second-order valence-electron chi connectivity index (χ2n) is 4.37. The van der Waals surface area contributed by atoms with E-state index in [0.717, 1.165) is 12.8 Å². The Hall–Kier alpha value is -0.120. The highest BCUT2D eigenvalue weighted by Gasteiger charge is 2.36. The second kappa shape index (κ2) is 4.17. The fourth-order valence-corrected chi connectivity index (χ4v) is 3.83. The van der Waals surface area contributed by atoms with Crippen LogP contribution in [0.3, 0.4) is 0 Å². The van der Waals surface area contributed by atoms with Gasteiger partial charge in [-0.25, -0.2) is 12.8 Å². The number of halogens is 1. The fraction of sp³-hybridized carbons (Fsp3) is 1.00. The van der Waals surface area contributed by atoms with Gasteiger partial charge in [0.15, 0.2) is 9.84 Å². The van der Waals surface area contributed by atoms with E-state index < -0.39 is 16.0 Å². The minimum absolute atomic E-state index is 0.0804. The van der Waals surface area contributed by atoms with Crippen molar-refractivity contribution in [2.75, 3.05) is 11.5 Å². The molecule has 0 aromatic rings. The van der Waals surface area contributed by atoms with Crippen molar-refractivity contribution < 1.29 is 12.8 Å². The molecule has 0 amide bonds. The molecule has 14 heavy (non-hydrogen) atoms. The summed E-state index contributed by atoms with van der Waals surface area (Å²) in [5.41, 5.74) is -0.0804. The lowest BCUT2D eigenvalue weighted by molar-refractivity contribution is 0.171. The summed E-state index contributed by atoms with van der Waals surface area (Å²) in [6, 6.07) is 0. The lowest BCUT2D eigenvalue weighted by Crippen LogP contribution is -2.23. The number of hydrogen-bond donors (Lipinski definition) is 0. The Morgan fingerprint density at radius 1 is 1.36 bits per heavy atom. The predicted molar refractivity (Wildman–Crippen MR) is 55.8 cm³/mol. The van der Waals surface area contributed by atoms with Crippen LogP contribution >= 0.6 is 0 Å². The van der Waals surface area contributed by atoms with E-state index in [0.29, 0.717) is 12.8 Å². The van der Waals surface area contributed by atoms with Crippen molar-refractivity contribution in [1.29, 1.82) is 0 Å². The predicted octanol–water partition coefficient (Wildman–Crippen LogP) is 2.34. The van der Waals surface area contributed by atoms with Crippen molar-refractivity contribution in [1.82, 2.24) is 0 Å². The first-order valence-electron chi connectivity index (χ1n) is 5.27. The summed E-state index contributed by atoms with van der Waals surface area (Å²) in [7, 11) is -3.13. The molecule has 1 heterocycles. The molecule has 0 N–H and O–H groups in total. The summed E-state index contributed by atoms with van der Waals surface area (Å²) in [5, 5.41) is 0. The maximum absolute atomic E-state index is 13.4. The third kappa shape index (κ3) is 2.69. The Balaban J connectivity index is 2.85. The van der Waals surface area contributed by atoms with E-state index in [1.165, 1.54) is 0 Å². The molecule has 1 rings (SSSR count). The molecule has 0 radical (unpaired) electrons. The number of hydrogen-bond acceptors (Lipinski definition) is 2. The molecule has 1 saturated heterocycles. The molecule has 0 aromatic heterocycles. The van der Waals surface area contributed by atoms with Gasteiger partial charge in [0.1, 0.15) is 6.17 Å². The third-order valence-corrected chi connectivity index (χ3v) is 5.23. The summed E-state index contributed by atoms with van der Waals surface area (Å²) >= 11 is 0. The zero-order chi connectivity index (χ0) is 10.8. The number of alkyl halides is 1. The maximum Gasteiger partial charge on any atom is 0.153 e. The van der Waals surface area contributed by atoms with E-state index in [2.05, 4.69) is 0 Å². The Bertz CT molecular complexity index is 280. The van der Waals surface area contributed by atoms with Crippen LogP contribution in [0.1, 0.15) is 39.5 Å². The van der Waals surface area contributed by atoms with Gasteiger partial charge in [0.25, 0.3) is 0 Å². The van der Waals surface area contributed by atoms with E-state index >= 15 is 0 Å². The normalized spacial score (nSPS) is 30.9. The van der Waals surface area contributed by atoms with Crippen LogP contribution in [-0.2, 0) is 9.84 Å². The van der Waals surface area contributed by atoms with Crippen molar-refractivity contribution in [3.8, 4) is 0 Å². The topological polar surface area (TPSA) is 34.1 Å². The molecule has 1 unspecified atom stereocenters. The molecule has 0 aliphatic carbocycles. The molecule has 0 saturated carbocycles. The van der Waals surface area contributed by atoms with Crippen LogP contribution in [0.25, 0.3) is 0 Å². The zero-order valence-electron chi connectivity index (χ0n) is 8.92. The largest absolute Gasteiger partial charge is 0.246 e. The standard InChI is InChI=1S/C10H19FO2S/c1-3-10(4-2)5-6-14(12,13)8-9(11)7-10/h9H,3-8H2,1-2H3. The quantitative estimate of drug-likeness (QED) is 0.718. The van der Waals surface area contributed by atoms with Crippen LogP contribution < -0.4 is 0 Å². The second-order valence-corrected chi connectivity index (χ2v) is 6.60. The van der Waals surface area contributed by atoms with Gasteiger partial charge in [-0.2, -0.15) is 0 Å². The molecule has 1 aliphatic heterocycles. The molecule has 0 aromatic carbocycles. The van der Waals surface area contributed by atoms with Gasteiger partial charge in [-0.15, -0.1) is 0 Å². The molecule has 4 heteroatoms. The highest BCUT2D eigenvalue weighted by Crippen LogP contribution is 2.39. The number of sulfone groups is 1. The van der Waals surface area contributed by atoms with E-state index in [-0.39, 0.29) is 16.9 Å². The summed E-state index contributed by atoms with van der Waals surface area (Å²) in [6.45, 7) is 4.04. The molecule has 1 atom stereocenters. The van der Waals surface area contributed by atoms with Crippen molar-refractivity contribution in [2.24, 2.45) is 5.41 Å². The average Bonchev–Trinajstić information content (AvgIpc) is 2.22. The lowest BCUT2D eigenvalue weighted by Gasteiger charge is -2.30. The molecular weight excluding hydrogens is 203 g/mol. The molecular formula is C10H19FO2S. The van der Waals surface area contributed by atoms with Gasteiger partial charge in [-0.1, -0.05) is 26.7 Å². The summed E-state index contributed by atoms with van der Waals surface area (Å²) in [4.78, 5) is 0. The SMILES string of the molecule is CCC1(CC)CCS(=O)(=O)CC(F)C1. The Morgan fingerprint density at radius 2 is 1.93 bits per heavy atom. The number of rotatable bonds is 2. The van der Waals surface area contributed by atoms with Crippen LogP contribution in [0.15, 0.2) is 0 Å². The van der Waals surface area contributed by atoms with Crippen LogP contribution in [0.2, 0.25) is 0 Å². The van der Waals surface area contributed by atoms with Crippen molar-refractivity contribution >= 4 is 9.84 Å². The Kier molecular flexibility index (Phi) is 3.56. The van der Waals surface area contributed by atoms with Crippen molar-refractivity contribution in [3.05, 3.63) is 0 Å². The minimum atomic E-state index is -3.13. The molecule has 1 aliphatic rings. The van der Waals surface area contributed by atoms with Gasteiger partial charge in [0.2, 0.25) is 0 Å². The monoisotopic (exact) mass is 222 g/mol. The van der Waals surface area contributed by atoms with E-state index in [1.807, 2.05) is 13.8 Å².